The van der Waals surface area contributed by atoms with Gasteiger partial charge in [-0.25, -0.2) is 0 Å². The van der Waals surface area contributed by atoms with Gasteiger partial charge in [-0.05, 0) is 36.8 Å². The molecule has 0 aliphatic carbocycles. The van der Waals surface area contributed by atoms with Crippen molar-refractivity contribution in [3.63, 3.8) is 0 Å². The number of carbonyl (C=O) groups is 1. The van der Waals surface area contributed by atoms with E-state index in [0.717, 1.165) is 27.8 Å². The van der Waals surface area contributed by atoms with E-state index in [4.69, 9.17) is 9.47 Å². The number of fused-ring (bicyclic) bond motifs is 1. The minimum Gasteiger partial charge on any atom is -0.496 e. The van der Waals surface area contributed by atoms with E-state index in [-0.39, 0.29) is 11.9 Å². The molecule has 0 saturated carbocycles. The molecular weight excluding hydrogens is 386 g/mol. The Morgan fingerprint density at radius 3 is 2.16 bits per heavy atom. The van der Waals surface area contributed by atoms with Gasteiger partial charge in [0.2, 0.25) is 6.10 Å². The van der Waals surface area contributed by atoms with Gasteiger partial charge in [-0.1, -0.05) is 72.3 Å². The van der Waals surface area contributed by atoms with Crippen molar-refractivity contribution in [2.75, 3.05) is 12.0 Å². The zero-order valence-corrected chi connectivity index (χ0v) is 17.5. The lowest BCUT2D eigenvalue weighted by Crippen LogP contribution is -2.61. The van der Waals surface area contributed by atoms with Gasteiger partial charge < -0.3 is 9.47 Å². The number of ether oxygens (including phenoxy) is 2. The molecule has 2 atom stereocenters. The molecule has 4 nitrogen and oxygen atoms in total. The van der Waals surface area contributed by atoms with Crippen LogP contribution in [0.2, 0.25) is 0 Å². The van der Waals surface area contributed by atoms with Crippen LogP contribution in [0.5, 0.6) is 11.5 Å². The largest absolute Gasteiger partial charge is 0.496 e. The normalized spacial score (nSPS) is 18.0. The number of hydrogen-bond acceptors (Lipinski definition) is 3. The van der Waals surface area contributed by atoms with E-state index < -0.39 is 6.10 Å². The summed E-state index contributed by atoms with van der Waals surface area (Å²) in [5.74, 6) is 1.43. The molecule has 1 saturated heterocycles. The van der Waals surface area contributed by atoms with Crippen LogP contribution in [0.25, 0.3) is 10.8 Å². The molecule has 0 aromatic heterocycles. The van der Waals surface area contributed by atoms with Crippen molar-refractivity contribution in [2.24, 2.45) is 0 Å². The maximum absolute atomic E-state index is 13.4. The molecule has 1 amide bonds. The number of hydrogen-bond donors (Lipinski definition) is 0. The van der Waals surface area contributed by atoms with Crippen LogP contribution in [-0.2, 0) is 4.79 Å². The Kier molecular flexibility index (Phi) is 4.83. The summed E-state index contributed by atoms with van der Waals surface area (Å²) >= 11 is 0. The summed E-state index contributed by atoms with van der Waals surface area (Å²) < 4.78 is 11.7. The molecule has 154 valence electrons. The topological polar surface area (TPSA) is 38.8 Å². The second-order valence-corrected chi connectivity index (χ2v) is 7.75. The Morgan fingerprint density at radius 1 is 0.774 bits per heavy atom. The highest BCUT2D eigenvalue weighted by molar-refractivity contribution is 6.12. The number of rotatable bonds is 5. The molecule has 1 heterocycles. The molecular formula is C27H23NO3. The summed E-state index contributed by atoms with van der Waals surface area (Å²) in [5, 5.41) is 1.95. The summed E-state index contributed by atoms with van der Waals surface area (Å²) in [6, 6.07) is 29.5. The lowest BCUT2D eigenvalue weighted by Gasteiger charge is -2.47. The maximum atomic E-state index is 13.4. The molecule has 0 spiro atoms. The van der Waals surface area contributed by atoms with E-state index >= 15 is 0 Å². The van der Waals surface area contributed by atoms with Crippen LogP contribution < -0.4 is 14.4 Å². The van der Waals surface area contributed by atoms with Gasteiger partial charge in [-0.3, -0.25) is 9.69 Å². The monoisotopic (exact) mass is 409 g/mol. The minimum absolute atomic E-state index is 0.0512. The molecule has 0 unspecified atom stereocenters. The standard InChI is InChI=1S/C27H23NO3/c1-18-12-14-19(15-13-18)25-26(31-20-8-4-3-5-9-20)27(29)28(25)23-16-17-24(30-2)22-11-7-6-10-21(22)23/h3-17,25-26H,1-2H3/t25-,26+/m1/s1. The molecule has 1 aliphatic heterocycles. The fraction of sp³-hybridized carbons (Fsp3) is 0.148. The second kappa shape index (κ2) is 7.80. The van der Waals surface area contributed by atoms with Crippen molar-refractivity contribution in [1.82, 2.24) is 0 Å². The van der Waals surface area contributed by atoms with Gasteiger partial charge in [0.05, 0.1) is 12.8 Å². The summed E-state index contributed by atoms with van der Waals surface area (Å²) in [6.07, 6.45) is -0.578. The smallest absolute Gasteiger partial charge is 0.271 e. The first kappa shape index (κ1) is 19.2. The number of methoxy groups -OCH3 is 1. The Labute approximate surface area is 181 Å². The Morgan fingerprint density at radius 2 is 1.45 bits per heavy atom. The maximum Gasteiger partial charge on any atom is 0.271 e. The average molecular weight is 409 g/mol. The predicted molar refractivity (Wildman–Crippen MR) is 123 cm³/mol. The summed E-state index contributed by atoms with van der Waals surface area (Å²) in [4.78, 5) is 15.2. The Balaban J connectivity index is 1.60. The first-order valence-corrected chi connectivity index (χ1v) is 10.3. The summed E-state index contributed by atoms with van der Waals surface area (Å²) in [5.41, 5.74) is 3.09. The van der Waals surface area contributed by atoms with Gasteiger partial charge in [0.1, 0.15) is 17.5 Å². The lowest BCUT2D eigenvalue weighted by molar-refractivity contribution is -0.135. The van der Waals surface area contributed by atoms with E-state index in [1.807, 2.05) is 71.6 Å². The number of amides is 1. The van der Waals surface area contributed by atoms with Crippen LogP contribution >= 0.6 is 0 Å². The molecule has 0 bridgehead atoms. The summed E-state index contributed by atoms with van der Waals surface area (Å²) in [7, 11) is 1.66. The van der Waals surface area contributed by atoms with Gasteiger partial charge in [0.25, 0.3) is 5.91 Å². The Hall–Kier alpha value is -3.79. The second-order valence-electron chi connectivity index (χ2n) is 7.75. The molecule has 1 aliphatic rings. The van der Waals surface area contributed by atoms with Crippen LogP contribution in [0.3, 0.4) is 0 Å². The van der Waals surface area contributed by atoms with Crippen molar-refractivity contribution in [2.45, 2.75) is 19.1 Å². The zero-order valence-electron chi connectivity index (χ0n) is 17.5. The van der Waals surface area contributed by atoms with Crippen LogP contribution in [0.15, 0.2) is 91.0 Å². The number of nitrogens with zero attached hydrogens (tertiary/aromatic N) is 1. The number of β-lactam (4-membered cyclic amide) rings is 1. The molecule has 0 N–H and O–H groups in total. The highest BCUT2D eigenvalue weighted by Crippen LogP contribution is 2.45. The highest BCUT2D eigenvalue weighted by Gasteiger charge is 2.51. The van der Waals surface area contributed by atoms with Crippen LogP contribution in [0.4, 0.5) is 5.69 Å². The van der Waals surface area contributed by atoms with Gasteiger partial charge in [-0.15, -0.1) is 0 Å². The number of anilines is 1. The van der Waals surface area contributed by atoms with E-state index in [2.05, 4.69) is 31.2 Å². The van der Waals surface area contributed by atoms with Gasteiger partial charge in [-0.2, -0.15) is 0 Å². The van der Waals surface area contributed by atoms with Crippen LogP contribution in [0.1, 0.15) is 17.2 Å². The molecule has 4 aromatic rings. The number of benzene rings is 4. The van der Waals surface area contributed by atoms with E-state index in [1.165, 1.54) is 5.56 Å². The van der Waals surface area contributed by atoms with E-state index in [9.17, 15) is 4.79 Å². The van der Waals surface area contributed by atoms with Crippen molar-refractivity contribution >= 4 is 22.4 Å². The first-order valence-electron chi connectivity index (χ1n) is 10.3. The molecule has 5 rings (SSSR count). The quantitative estimate of drug-likeness (QED) is 0.397. The fourth-order valence-corrected chi connectivity index (χ4v) is 4.22. The predicted octanol–water partition coefficient (Wildman–Crippen LogP) is 5.69. The van der Waals surface area contributed by atoms with Crippen molar-refractivity contribution in [1.29, 1.82) is 0 Å². The third-order valence-electron chi connectivity index (χ3n) is 5.81. The molecule has 31 heavy (non-hydrogen) atoms. The van der Waals surface area contributed by atoms with Gasteiger partial charge in [0, 0.05) is 10.8 Å². The van der Waals surface area contributed by atoms with Crippen molar-refractivity contribution in [3.05, 3.63) is 102 Å². The highest BCUT2D eigenvalue weighted by atomic mass is 16.5. The SMILES string of the molecule is COc1ccc(N2C(=O)[C@@H](Oc3ccccc3)[C@H]2c2ccc(C)cc2)c2ccccc12. The summed E-state index contributed by atoms with van der Waals surface area (Å²) in [6.45, 7) is 2.06. The molecule has 4 aromatic carbocycles. The first-order chi connectivity index (χ1) is 15.2. The zero-order chi connectivity index (χ0) is 21.4. The van der Waals surface area contributed by atoms with E-state index in [1.54, 1.807) is 7.11 Å². The third-order valence-corrected chi connectivity index (χ3v) is 5.81. The van der Waals surface area contributed by atoms with Crippen molar-refractivity contribution < 1.29 is 14.3 Å². The van der Waals surface area contributed by atoms with Gasteiger partial charge in [0.15, 0.2) is 0 Å². The van der Waals surface area contributed by atoms with E-state index in [0.29, 0.717) is 5.75 Å². The number of aryl methyl sites for hydroxylation is 1. The number of carbonyl (C=O) groups excluding carboxylic acids is 1. The van der Waals surface area contributed by atoms with Gasteiger partial charge >= 0.3 is 0 Å². The molecule has 0 radical (unpaired) electrons. The fourth-order valence-electron chi connectivity index (χ4n) is 4.22. The third kappa shape index (κ3) is 3.30. The lowest BCUT2D eigenvalue weighted by atomic mass is 9.88. The number of para-hydroxylation sites is 1. The average Bonchev–Trinajstić information content (AvgIpc) is 2.82. The molecule has 4 heteroatoms. The van der Waals surface area contributed by atoms with Crippen LogP contribution in [-0.4, -0.2) is 19.1 Å². The molecule has 1 fully saturated rings. The minimum atomic E-state index is -0.578. The van der Waals surface area contributed by atoms with Crippen molar-refractivity contribution in [3.8, 4) is 11.5 Å². The Bertz CT molecular complexity index is 1230. The van der Waals surface area contributed by atoms with Crippen LogP contribution in [0, 0.1) is 6.92 Å².